The number of hydrogen-bond donors (Lipinski definition) is 1. The van der Waals surface area contributed by atoms with Gasteiger partial charge in [0.1, 0.15) is 30.5 Å². The van der Waals surface area contributed by atoms with Crippen LogP contribution in [0.5, 0.6) is 17.2 Å². The Hall–Kier alpha value is -3.26. The summed E-state index contributed by atoms with van der Waals surface area (Å²) in [5.74, 6) is 2.94. The SMILES string of the molecule is COCCCN1CCOc2ccc(CO[C@H]3CN[C@H](COc4ccccc4)C[C@@H]3c3ccc(OC)cc3)cc21. The van der Waals surface area contributed by atoms with Gasteiger partial charge in [0.15, 0.2) is 0 Å². The lowest BCUT2D eigenvalue weighted by atomic mass is 9.84. The molecule has 2 aliphatic rings. The molecule has 0 unspecified atom stereocenters. The number of methoxy groups -OCH3 is 2. The fourth-order valence-electron chi connectivity index (χ4n) is 5.43. The van der Waals surface area contributed by atoms with Crippen molar-refractivity contribution in [1.82, 2.24) is 5.32 Å². The molecule has 0 aromatic heterocycles. The normalized spacial score (nSPS) is 20.7. The molecule has 7 heteroatoms. The molecule has 0 bridgehead atoms. The van der Waals surface area contributed by atoms with Crippen LogP contribution in [0.15, 0.2) is 72.8 Å². The van der Waals surface area contributed by atoms with Crippen molar-refractivity contribution in [3.63, 3.8) is 0 Å². The molecule has 2 heterocycles. The van der Waals surface area contributed by atoms with Gasteiger partial charge in [-0.1, -0.05) is 36.4 Å². The quantitative estimate of drug-likeness (QED) is 0.328. The van der Waals surface area contributed by atoms with Gasteiger partial charge in [0.05, 0.1) is 32.1 Å². The summed E-state index contributed by atoms with van der Waals surface area (Å²) in [5.41, 5.74) is 3.55. The van der Waals surface area contributed by atoms with Crippen molar-refractivity contribution in [2.45, 2.75) is 37.5 Å². The molecule has 1 fully saturated rings. The summed E-state index contributed by atoms with van der Waals surface area (Å²) in [6, 6.07) is 25.0. The summed E-state index contributed by atoms with van der Waals surface area (Å²) in [5, 5.41) is 3.67. The summed E-state index contributed by atoms with van der Waals surface area (Å²) in [7, 11) is 3.45. The van der Waals surface area contributed by atoms with E-state index in [9.17, 15) is 0 Å². The van der Waals surface area contributed by atoms with E-state index in [1.807, 2.05) is 42.5 Å². The molecule has 2 aliphatic heterocycles. The van der Waals surface area contributed by atoms with E-state index in [1.165, 1.54) is 5.56 Å². The van der Waals surface area contributed by atoms with Gasteiger partial charge >= 0.3 is 0 Å². The second-order valence-electron chi connectivity index (χ2n) is 10.2. The van der Waals surface area contributed by atoms with Crippen molar-refractivity contribution in [1.29, 1.82) is 0 Å². The van der Waals surface area contributed by atoms with Crippen molar-refractivity contribution in [3.8, 4) is 17.2 Å². The maximum atomic E-state index is 6.61. The summed E-state index contributed by atoms with van der Waals surface area (Å²) in [6.45, 7) is 5.23. The van der Waals surface area contributed by atoms with E-state index >= 15 is 0 Å². The van der Waals surface area contributed by atoms with E-state index in [4.69, 9.17) is 23.7 Å². The number of nitrogens with one attached hydrogen (secondary N) is 1. The maximum absolute atomic E-state index is 6.61. The number of piperidine rings is 1. The number of para-hydroxylation sites is 1. The smallest absolute Gasteiger partial charge is 0.142 e. The van der Waals surface area contributed by atoms with E-state index in [-0.39, 0.29) is 18.1 Å². The van der Waals surface area contributed by atoms with Crippen LogP contribution in [-0.4, -0.2) is 65.8 Å². The van der Waals surface area contributed by atoms with Gasteiger partial charge in [0.25, 0.3) is 0 Å². The van der Waals surface area contributed by atoms with E-state index in [1.54, 1.807) is 14.2 Å². The first kappa shape index (κ1) is 27.3. The van der Waals surface area contributed by atoms with Crippen molar-refractivity contribution >= 4 is 5.69 Å². The zero-order valence-electron chi connectivity index (χ0n) is 23.0. The Morgan fingerprint density at radius 2 is 1.82 bits per heavy atom. The first-order valence-corrected chi connectivity index (χ1v) is 13.9. The number of anilines is 1. The molecular weight excluding hydrogens is 492 g/mol. The minimum Gasteiger partial charge on any atom is -0.497 e. The topological polar surface area (TPSA) is 61.4 Å². The Morgan fingerprint density at radius 1 is 0.974 bits per heavy atom. The van der Waals surface area contributed by atoms with Gasteiger partial charge in [-0.15, -0.1) is 0 Å². The second kappa shape index (κ2) is 13.7. The zero-order chi connectivity index (χ0) is 26.9. The Labute approximate surface area is 232 Å². The summed E-state index contributed by atoms with van der Waals surface area (Å²) >= 11 is 0. The van der Waals surface area contributed by atoms with Crippen molar-refractivity contribution in [2.24, 2.45) is 0 Å². The molecule has 1 saturated heterocycles. The number of nitrogens with zero attached hydrogens (tertiary/aromatic N) is 1. The number of hydrogen-bond acceptors (Lipinski definition) is 7. The standard InChI is InChI=1S/C32H40N2O5/c1-35-17-6-15-34-16-18-37-31-14-9-24(19-30(31)34)22-39-32-21-33-26(23-38-28-7-4-3-5-8-28)20-29(32)25-10-12-27(36-2)13-11-25/h3-5,7-14,19,26,29,32-33H,6,15-18,20-23H2,1-2H3/t26-,29+,32-/m0/s1. The molecule has 3 aromatic rings. The van der Waals surface area contributed by atoms with E-state index in [0.717, 1.165) is 67.6 Å². The van der Waals surface area contributed by atoms with Gasteiger partial charge in [-0.25, -0.2) is 0 Å². The average molecular weight is 533 g/mol. The largest absolute Gasteiger partial charge is 0.497 e. The highest BCUT2D eigenvalue weighted by Gasteiger charge is 2.32. The van der Waals surface area contributed by atoms with Crippen LogP contribution in [0.2, 0.25) is 0 Å². The maximum Gasteiger partial charge on any atom is 0.142 e. The summed E-state index contributed by atoms with van der Waals surface area (Å²) in [6.07, 6.45) is 1.95. The fourth-order valence-corrected chi connectivity index (χ4v) is 5.43. The zero-order valence-corrected chi connectivity index (χ0v) is 23.0. The summed E-state index contributed by atoms with van der Waals surface area (Å²) < 4.78 is 29.3. The number of fused-ring (bicyclic) bond motifs is 1. The molecule has 0 saturated carbocycles. The predicted octanol–water partition coefficient (Wildman–Crippen LogP) is 5.04. The molecule has 39 heavy (non-hydrogen) atoms. The molecule has 3 aromatic carbocycles. The molecule has 208 valence electrons. The Kier molecular flexibility index (Phi) is 9.59. The van der Waals surface area contributed by atoms with Crippen LogP contribution in [0.4, 0.5) is 5.69 Å². The lowest BCUT2D eigenvalue weighted by molar-refractivity contribution is -0.000719. The van der Waals surface area contributed by atoms with Crippen LogP contribution in [0, 0.1) is 0 Å². The fraction of sp³-hybridized carbons (Fsp3) is 0.438. The van der Waals surface area contributed by atoms with Gasteiger partial charge in [-0.3, -0.25) is 0 Å². The van der Waals surface area contributed by atoms with Crippen LogP contribution >= 0.6 is 0 Å². The van der Waals surface area contributed by atoms with E-state index in [2.05, 4.69) is 40.5 Å². The number of rotatable bonds is 12. The second-order valence-corrected chi connectivity index (χ2v) is 10.2. The molecule has 0 radical (unpaired) electrons. The molecular formula is C32H40N2O5. The molecule has 0 spiro atoms. The first-order valence-electron chi connectivity index (χ1n) is 13.9. The third-order valence-electron chi connectivity index (χ3n) is 7.56. The first-order chi connectivity index (χ1) is 19.2. The van der Waals surface area contributed by atoms with Crippen LogP contribution in [-0.2, 0) is 16.1 Å². The third kappa shape index (κ3) is 7.24. The van der Waals surface area contributed by atoms with Gasteiger partial charge in [-0.2, -0.15) is 0 Å². The summed E-state index contributed by atoms with van der Waals surface area (Å²) in [4.78, 5) is 2.39. The van der Waals surface area contributed by atoms with Gasteiger partial charge in [0.2, 0.25) is 0 Å². The monoisotopic (exact) mass is 532 g/mol. The molecule has 7 nitrogen and oxygen atoms in total. The average Bonchev–Trinajstić information content (AvgIpc) is 3.00. The van der Waals surface area contributed by atoms with Crippen LogP contribution < -0.4 is 24.4 Å². The van der Waals surface area contributed by atoms with Crippen LogP contribution in [0.1, 0.15) is 29.9 Å². The van der Waals surface area contributed by atoms with Crippen molar-refractivity contribution < 1.29 is 23.7 Å². The van der Waals surface area contributed by atoms with Crippen molar-refractivity contribution in [3.05, 3.63) is 83.9 Å². The highest BCUT2D eigenvalue weighted by atomic mass is 16.5. The minimum absolute atomic E-state index is 0.0384. The Balaban J connectivity index is 1.26. The Morgan fingerprint density at radius 3 is 2.62 bits per heavy atom. The van der Waals surface area contributed by atoms with Gasteiger partial charge in [-0.05, 0) is 60.4 Å². The third-order valence-corrected chi connectivity index (χ3v) is 7.56. The van der Waals surface area contributed by atoms with Gasteiger partial charge < -0.3 is 33.9 Å². The molecule has 3 atom stereocenters. The van der Waals surface area contributed by atoms with Crippen LogP contribution in [0.3, 0.4) is 0 Å². The lowest BCUT2D eigenvalue weighted by Gasteiger charge is -2.37. The van der Waals surface area contributed by atoms with E-state index < -0.39 is 0 Å². The predicted molar refractivity (Wildman–Crippen MR) is 153 cm³/mol. The Bertz CT molecular complexity index is 1160. The molecule has 1 N–H and O–H groups in total. The molecule has 0 amide bonds. The van der Waals surface area contributed by atoms with E-state index in [0.29, 0.717) is 19.8 Å². The number of ether oxygens (including phenoxy) is 5. The van der Waals surface area contributed by atoms with Crippen LogP contribution in [0.25, 0.3) is 0 Å². The van der Waals surface area contributed by atoms with Crippen molar-refractivity contribution in [2.75, 3.05) is 58.6 Å². The minimum atomic E-state index is 0.0384. The molecule has 5 rings (SSSR count). The number of benzene rings is 3. The highest BCUT2D eigenvalue weighted by Crippen LogP contribution is 2.35. The lowest BCUT2D eigenvalue weighted by Crippen LogP contribution is -2.49. The molecule has 0 aliphatic carbocycles. The van der Waals surface area contributed by atoms with Gasteiger partial charge in [0, 0.05) is 38.8 Å². The highest BCUT2D eigenvalue weighted by molar-refractivity contribution is 5.61.